The molecular formula is C23H31N5O2. The van der Waals surface area contributed by atoms with Crippen molar-refractivity contribution in [2.75, 3.05) is 26.2 Å². The van der Waals surface area contributed by atoms with E-state index < -0.39 is 0 Å². The normalized spacial score (nSPS) is 17.2. The molecule has 1 saturated heterocycles. The molecule has 0 aliphatic carbocycles. The van der Waals surface area contributed by atoms with E-state index in [2.05, 4.69) is 20.2 Å². The molecule has 7 heteroatoms. The van der Waals surface area contributed by atoms with Gasteiger partial charge < -0.3 is 14.8 Å². The van der Waals surface area contributed by atoms with Gasteiger partial charge in [-0.2, -0.15) is 0 Å². The van der Waals surface area contributed by atoms with Gasteiger partial charge in [0.15, 0.2) is 0 Å². The van der Waals surface area contributed by atoms with Gasteiger partial charge in [0.1, 0.15) is 6.33 Å². The molecule has 4 rings (SSSR count). The number of amides is 1. The van der Waals surface area contributed by atoms with Crippen molar-refractivity contribution in [1.29, 1.82) is 0 Å². The van der Waals surface area contributed by atoms with Crippen LogP contribution in [-0.4, -0.2) is 51.5 Å². The Morgan fingerprint density at radius 2 is 1.73 bits per heavy atom. The van der Waals surface area contributed by atoms with Crippen LogP contribution in [0.5, 0.6) is 0 Å². The van der Waals surface area contributed by atoms with Crippen LogP contribution < -0.4 is 10.9 Å². The number of nitrogens with zero attached hydrogens (tertiary/aromatic N) is 4. The number of pyridine rings is 1. The number of carbonyl (C=O) groups excluding carboxylic acids is 1. The van der Waals surface area contributed by atoms with Gasteiger partial charge in [0, 0.05) is 48.4 Å². The molecule has 2 aliphatic heterocycles. The lowest BCUT2D eigenvalue weighted by Gasteiger charge is -2.23. The molecule has 2 aromatic rings. The van der Waals surface area contributed by atoms with Crippen molar-refractivity contribution >= 4 is 5.91 Å². The largest absolute Gasteiger partial charge is 0.352 e. The van der Waals surface area contributed by atoms with E-state index in [1.54, 1.807) is 23.0 Å². The highest BCUT2D eigenvalue weighted by molar-refractivity contribution is 6.01. The summed E-state index contributed by atoms with van der Waals surface area (Å²) in [5, 5.41) is 3.11. The minimum absolute atomic E-state index is 0.0544. The van der Waals surface area contributed by atoms with Gasteiger partial charge in [0.25, 0.3) is 11.5 Å². The van der Waals surface area contributed by atoms with E-state index >= 15 is 0 Å². The molecule has 160 valence electrons. The lowest BCUT2D eigenvalue weighted by molar-refractivity contribution is 0.0950. The maximum absolute atomic E-state index is 13.2. The van der Waals surface area contributed by atoms with Crippen LogP contribution in [-0.2, 0) is 13.0 Å². The van der Waals surface area contributed by atoms with Crippen LogP contribution in [0.3, 0.4) is 0 Å². The number of rotatable bonds is 6. The number of hydrogen-bond donors (Lipinski definition) is 1. The van der Waals surface area contributed by atoms with Gasteiger partial charge in [-0.15, -0.1) is 0 Å². The number of aromatic nitrogens is 3. The fourth-order valence-corrected chi connectivity index (χ4v) is 4.64. The summed E-state index contributed by atoms with van der Waals surface area (Å²) in [4.78, 5) is 36.6. The zero-order valence-electron chi connectivity index (χ0n) is 17.6. The van der Waals surface area contributed by atoms with Crippen LogP contribution >= 0.6 is 0 Å². The average molecular weight is 410 g/mol. The predicted molar refractivity (Wildman–Crippen MR) is 117 cm³/mol. The maximum atomic E-state index is 13.2. The third-order valence-electron chi connectivity index (χ3n) is 6.20. The van der Waals surface area contributed by atoms with E-state index in [0.29, 0.717) is 29.8 Å². The second kappa shape index (κ2) is 9.98. The standard InChI is InChI=1S/C23H31N5O2/c29-21-14-19(18-15-24-17-25-16-18)22(20-8-3-6-13-28(20)21)23(30)26-9-7-12-27-10-4-1-2-5-11-27/h14-17H,1-13H2,(H,26,30). The highest BCUT2D eigenvalue weighted by atomic mass is 16.2. The Labute approximate surface area is 177 Å². The van der Waals surface area contributed by atoms with Crippen molar-refractivity contribution in [3.05, 3.63) is 46.4 Å². The van der Waals surface area contributed by atoms with Crippen molar-refractivity contribution in [1.82, 2.24) is 24.8 Å². The lowest BCUT2D eigenvalue weighted by Crippen LogP contribution is -2.34. The lowest BCUT2D eigenvalue weighted by atomic mass is 9.95. The van der Waals surface area contributed by atoms with Crippen LogP contribution in [0, 0.1) is 0 Å². The first-order valence-corrected chi connectivity index (χ1v) is 11.3. The van der Waals surface area contributed by atoms with E-state index in [-0.39, 0.29) is 11.5 Å². The first-order chi connectivity index (χ1) is 14.7. The van der Waals surface area contributed by atoms with Crippen molar-refractivity contribution < 1.29 is 4.79 Å². The third kappa shape index (κ3) is 4.78. The molecule has 2 aliphatic rings. The second-order valence-corrected chi connectivity index (χ2v) is 8.32. The number of likely N-dealkylation sites (tertiary alicyclic amines) is 1. The van der Waals surface area contributed by atoms with Crippen LogP contribution in [0.15, 0.2) is 29.6 Å². The smallest absolute Gasteiger partial charge is 0.253 e. The zero-order valence-corrected chi connectivity index (χ0v) is 17.6. The summed E-state index contributed by atoms with van der Waals surface area (Å²) in [6.07, 6.45) is 13.6. The Kier molecular flexibility index (Phi) is 6.89. The monoisotopic (exact) mass is 409 g/mol. The molecular weight excluding hydrogens is 378 g/mol. The van der Waals surface area contributed by atoms with Crippen molar-refractivity contribution in [3.8, 4) is 11.1 Å². The van der Waals surface area contributed by atoms with Gasteiger partial charge in [-0.05, 0) is 58.2 Å². The molecule has 30 heavy (non-hydrogen) atoms. The zero-order chi connectivity index (χ0) is 20.8. The average Bonchev–Trinajstić information content (AvgIpc) is 3.06. The van der Waals surface area contributed by atoms with Gasteiger partial charge >= 0.3 is 0 Å². The molecule has 0 unspecified atom stereocenters. The summed E-state index contributed by atoms with van der Waals surface area (Å²) < 4.78 is 1.77. The SMILES string of the molecule is O=C(NCCCN1CCCCCC1)c1c(-c2cncnc2)cc(=O)n2c1CCCC2. The summed E-state index contributed by atoms with van der Waals surface area (Å²) in [6.45, 7) is 4.67. The minimum atomic E-state index is -0.102. The summed E-state index contributed by atoms with van der Waals surface area (Å²) in [7, 11) is 0. The van der Waals surface area contributed by atoms with E-state index in [4.69, 9.17) is 0 Å². The van der Waals surface area contributed by atoms with Gasteiger partial charge in [-0.25, -0.2) is 9.97 Å². The fraction of sp³-hybridized carbons (Fsp3) is 0.565. The highest BCUT2D eigenvalue weighted by Crippen LogP contribution is 2.27. The highest BCUT2D eigenvalue weighted by Gasteiger charge is 2.24. The second-order valence-electron chi connectivity index (χ2n) is 8.32. The Morgan fingerprint density at radius 1 is 1.00 bits per heavy atom. The predicted octanol–water partition coefficient (Wildman–Crippen LogP) is 2.64. The van der Waals surface area contributed by atoms with Gasteiger partial charge in [-0.3, -0.25) is 9.59 Å². The molecule has 0 spiro atoms. The molecule has 0 saturated carbocycles. The quantitative estimate of drug-likeness (QED) is 0.742. The summed E-state index contributed by atoms with van der Waals surface area (Å²) in [5.74, 6) is -0.102. The first kappa shape index (κ1) is 20.7. The molecule has 4 heterocycles. The van der Waals surface area contributed by atoms with E-state index in [0.717, 1.165) is 37.9 Å². The number of hydrogen-bond acceptors (Lipinski definition) is 5. The minimum Gasteiger partial charge on any atom is -0.352 e. The molecule has 0 atom stereocenters. The molecule has 2 aromatic heterocycles. The Hall–Kier alpha value is -2.54. The number of nitrogens with one attached hydrogen (secondary N) is 1. The summed E-state index contributed by atoms with van der Waals surface area (Å²) >= 11 is 0. The van der Waals surface area contributed by atoms with Crippen molar-refractivity contribution in [3.63, 3.8) is 0 Å². The Morgan fingerprint density at radius 3 is 2.50 bits per heavy atom. The van der Waals surface area contributed by atoms with Gasteiger partial charge in [-0.1, -0.05) is 12.8 Å². The van der Waals surface area contributed by atoms with E-state index in [1.807, 2.05) is 0 Å². The fourth-order valence-electron chi connectivity index (χ4n) is 4.64. The van der Waals surface area contributed by atoms with Crippen molar-refractivity contribution in [2.45, 2.75) is 57.9 Å². The Balaban J connectivity index is 1.51. The summed E-state index contributed by atoms with van der Waals surface area (Å²) in [5.41, 5.74) is 2.75. The molecule has 7 nitrogen and oxygen atoms in total. The van der Waals surface area contributed by atoms with Gasteiger partial charge in [0.05, 0.1) is 5.56 Å². The van der Waals surface area contributed by atoms with Crippen LogP contribution in [0.2, 0.25) is 0 Å². The molecule has 0 radical (unpaired) electrons. The van der Waals surface area contributed by atoms with Gasteiger partial charge in [0.2, 0.25) is 0 Å². The van der Waals surface area contributed by atoms with E-state index in [9.17, 15) is 9.59 Å². The summed E-state index contributed by atoms with van der Waals surface area (Å²) in [6, 6.07) is 1.57. The number of fused-ring (bicyclic) bond motifs is 1. The molecule has 0 aromatic carbocycles. The third-order valence-corrected chi connectivity index (χ3v) is 6.20. The van der Waals surface area contributed by atoms with Crippen LogP contribution in [0.4, 0.5) is 0 Å². The molecule has 1 N–H and O–H groups in total. The topological polar surface area (TPSA) is 80.1 Å². The Bertz CT molecular complexity index is 917. The molecule has 0 bridgehead atoms. The van der Waals surface area contributed by atoms with Crippen LogP contribution in [0.1, 0.15) is 61.0 Å². The van der Waals surface area contributed by atoms with Crippen molar-refractivity contribution in [2.24, 2.45) is 0 Å². The first-order valence-electron chi connectivity index (χ1n) is 11.3. The number of carbonyl (C=O) groups is 1. The van der Waals surface area contributed by atoms with E-state index in [1.165, 1.54) is 45.1 Å². The van der Waals surface area contributed by atoms with Crippen LogP contribution in [0.25, 0.3) is 11.1 Å². The maximum Gasteiger partial charge on any atom is 0.253 e. The molecule has 1 amide bonds. The molecule has 1 fully saturated rings.